The lowest BCUT2D eigenvalue weighted by molar-refractivity contribution is -0.135. The third-order valence-electron chi connectivity index (χ3n) is 5.44. The first kappa shape index (κ1) is 26.5. The molecule has 0 bridgehead atoms. The topological polar surface area (TPSA) is 119 Å². The van der Waals surface area contributed by atoms with Crippen LogP contribution >= 0.6 is 11.3 Å². The van der Waals surface area contributed by atoms with Gasteiger partial charge >= 0.3 is 0 Å². The smallest absolute Gasteiger partial charge is 0.300 e. The summed E-state index contributed by atoms with van der Waals surface area (Å²) in [6.07, 6.45) is 7.16. The number of aromatic nitrogens is 1. The molecule has 0 aliphatic carbocycles. The molecule has 2 amide bonds. The fourth-order valence-electron chi connectivity index (χ4n) is 3.42. The fourth-order valence-corrected chi connectivity index (χ4v) is 3.95. The Labute approximate surface area is 199 Å². The minimum Gasteiger partial charge on any atom is -0.449 e. The summed E-state index contributed by atoms with van der Waals surface area (Å²) in [5, 5.41) is 7.97. The van der Waals surface area contributed by atoms with E-state index >= 15 is 0 Å². The van der Waals surface area contributed by atoms with Gasteiger partial charge in [0.1, 0.15) is 6.04 Å². The van der Waals surface area contributed by atoms with Crippen LogP contribution in [0.3, 0.4) is 0 Å². The number of nitrogens with zero attached hydrogens (tertiary/aromatic N) is 1. The maximum absolute atomic E-state index is 13.4. The van der Waals surface area contributed by atoms with E-state index in [4.69, 9.17) is 9.57 Å². The number of hydrogen-bond donors (Lipinski definition) is 3. The van der Waals surface area contributed by atoms with E-state index < -0.39 is 29.5 Å². The Morgan fingerprint density at radius 1 is 1.30 bits per heavy atom. The molecule has 0 aromatic carbocycles. The van der Waals surface area contributed by atoms with Crippen molar-refractivity contribution in [2.24, 2.45) is 17.3 Å². The molecule has 2 rings (SSSR count). The van der Waals surface area contributed by atoms with Crippen molar-refractivity contribution < 1.29 is 24.0 Å². The van der Waals surface area contributed by atoms with Crippen molar-refractivity contribution in [3.05, 3.63) is 35.8 Å². The van der Waals surface area contributed by atoms with Crippen LogP contribution in [0.2, 0.25) is 0 Å². The molecule has 0 spiro atoms. The first-order chi connectivity index (χ1) is 15.6. The standard InChI is InChI=1S/C23H34N4O5S/c1-7-14(2)18(15(3)27-32-17-10-8-9-16(13-28)31-17)20(29)25-19(23(4,5)6)21(30)26-22-24-11-12-33-22/h8-16,18-19,27H,7H2,1-6H3,(H,25,29)(H,24,26,30)/t14-,15+,16?,18?,19-/m1/s1. The van der Waals surface area contributed by atoms with Crippen LogP contribution < -0.4 is 16.1 Å². The Hall–Kier alpha value is -2.72. The van der Waals surface area contributed by atoms with Gasteiger partial charge in [0.25, 0.3) is 5.95 Å². The Balaban J connectivity index is 2.10. The minimum absolute atomic E-state index is 0.00242. The summed E-state index contributed by atoms with van der Waals surface area (Å²) in [6, 6.07) is -1.18. The van der Waals surface area contributed by atoms with Crippen LogP contribution in [0.4, 0.5) is 5.13 Å². The summed E-state index contributed by atoms with van der Waals surface area (Å²) in [5.74, 6) is -0.929. The van der Waals surface area contributed by atoms with Gasteiger partial charge in [0, 0.05) is 17.7 Å². The molecule has 0 fully saturated rings. The van der Waals surface area contributed by atoms with Gasteiger partial charge in [0.2, 0.25) is 11.8 Å². The molecule has 9 nitrogen and oxygen atoms in total. The van der Waals surface area contributed by atoms with Crippen molar-refractivity contribution in [1.29, 1.82) is 0 Å². The molecule has 182 valence electrons. The number of anilines is 1. The highest BCUT2D eigenvalue weighted by Crippen LogP contribution is 2.25. The number of ether oxygens (including phenoxy) is 1. The molecule has 10 heteroatoms. The molecule has 5 atom stereocenters. The molecule has 0 saturated heterocycles. The van der Waals surface area contributed by atoms with E-state index in [9.17, 15) is 14.4 Å². The highest BCUT2D eigenvalue weighted by Gasteiger charge is 2.38. The largest absolute Gasteiger partial charge is 0.449 e. The number of hydroxylamine groups is 1. The molecule has 3 N–H and O–H groups in total. The van der Waals surface area contributed by atoms with Crippen LogP contribution in [0.5, 0.6) is 0 Å². The van der Waals surface area contributed by atoms with Crippen LogP contribution in [0.15, 0.2) is 35.8 Å². The third-order valence-corrected chi connectivity index (χ3v) is 6.13. The number of amides is 2. The minimum atomic E-state index is -0.767. The van der Waals surface area contributed by atoms with Crippen molar-refractivity contribution in [3.63, 3.8) is 0 Å². The van der Waals surface area contributed by atoms with Crippen LogP contribution in [0, 0.1) is 17.3 Å². The number of rotatable bonds is 11. The molecular formula is C23H34N4O5S. The maximum Gasteiger partial charge on any atom is 0.300 e. The lowest BCUT2D eigenvalue weighted by Gasteiger charge is -2.34. The molecule has 0 saturated carbocycles. The van der Waals surface area contributed by atoms with E-state index in [1.54, 1.807) is 29.8 Å². The molecule has 1 aromatic heterocycles. The average molecular weight is 479 g/mol. The van der Waals surface area contributed by atoms with Crippen LogP contribution in [-0.4, -0.2) is 41.3 Å². The first-order valence-corrected chi connectivity index (χ1v) is 11.9. The second-order valence-corrected chi connectivity index (χ2v) is 10.0. The van der Waals surface area contributed by atoms with E-state index in [0.29, 0.717) is 11.4 Å². The molecule has 2 heterocycles. The third kappa shape index (κ3) is 7.68. The van der Waals surface area contributed by atoms with Crippen molar-refractivity contribution in [1.82, 2.24) is 15.8 Å². The fraction of sp³-hybridized carbons (Fsp3) is 0.565. The van der Waals surface area contributed by atoms with Gasteiger partial charge in [-0.25, -0.2) is 4.98 Å². The predicted molar refractivity (Wildman–Crippen MR) is 127 cm³/mol. The Morgan fingerprint density at radius 3 is 2.61 bits per heavy atom. The number of allylic oxidation sites excluding steroid dienone is 2. The van der Waals surface area contributed by atoms with Gasteiger partial charge < -0.3 is 20.2 Å². The van der Waals surface area contributed by atoms with Crippen LogP contribution in [-0.2, 0) is 24.0 Å². The Bertz CT molecular complexity index is 863. The predicted octanol–water partition coefficient (Wildman–Crippen LogP) is 3.18. The van der Waals surface area contributed by atoms with Gasteiger partial charge in [0.15, 0.2) is 17.5 Å². The quantitative estimate of drug-likeness (QED) is 0.330. The SMILES string of the molecule is CC[C@@H](C)C(C(=O)N[C@H](C(=O)Nc1nccs1)C(C)(C)C)[C@H](C)NOC1=CC=CC(C=O)O1. The van der Waals surface area contributed by atoms with Crippen LogP contribution in [0.1, 0.15) is 48.0 Å². The zero-order valence-electron chi connectivity index (χ0n) is 20.0. The van der Waals surface area contributed by atoms with Crippen molar-refractivity contribution >= 4 is 34.6 Å². The molecule has 0 radical (unpaired) electrons. The van der Waals surface area contributed by atoms with E-state index in [0.717, 1.165) is 6.42 Å². The molecule has 33 heavy (non-hydrogen) atoms. The lowest BCUT2D eigenvalue weighted by atomic mass is 9.82. The Morgan fingerprint density at radius 2 is 2.03 bits per heavy atom. The number of hydrogen-bond acceptors (Lipinski definition) is 8. The highest BCUT2D eigenvalue weighted by atomic mass is 32.1. The summed E-state index contributed by atoms with van der Waals surface area (Å²) in [4.78, 5) is 46.9. The zero-order chi connectivity index (χ0) is 24.6. The summed E-state index contributed by atoms with van der Waals surface area (Å²) in [5.41, 5.74) is 2.33. The number of carbonyl (C=O) groups excluding carboxylic acids is 3. The van der Waals surface area contributed by atoms with E-state index in [-0.39, 0.29) is 23.7 Å². The normalized spacial score (nSPS) is 19.3. The average Bonchev–Trinajstić information content (AvgIpc) is 3.28. The van der Waals surface area contributed by atoms with E-state index in [1.165, 1.54) is 11.3 Å². The van der Waals surface area contributed by atoms with Crippen molar-refractivity contribution in [3.8, 4) is 0 Å². The zero-order valence-corrected chi connectivity index (χ0v) is 20.8. The maximum atomic E-state index is 13.4. The van der Waals surface area contributed by atoms with Gasteiger partial charge in [-0.05, 0) is 24.3 Å². The number of nitrogens with one attached hydrogen (secondary N) is 3. The molecule has 1 aromatic rings. The van der Waals surface area contributed by atoms with E-state index in [1.807, 2.05) is 41.5 Å². The van der Waals surface area contributed by atoms with Crippen molar-refractivity contribution in [2.45, 2.75) is 66.2 Å². The van der Waals surface area contributed by atoms with Gasteiger partial charge in [-0.1, -0.05) is 47.1 Å². The number of thiazole rings is 1. The second-order valence-electron chi connectivity index (χ2n) is 9.14. The molecule has 1 aliphatic heterocycles. The lowest BCUT2D eigenvalue weighted by Crippen LogP contribution is -2.56. The summed E-state index contributed by atoms with van der Waals surface area (Å²) >= 11 is 1.31. The molecule has 1 aliphatic rings. The molecule has 2 unspecified atom stereocenters. The second kappa shape index (κ2) is 11.9. The summed E-state index contributed by atoms with van der Waals surface area (Å²) in [6.45, 7) is 11.5. The van der Waals surface area contributed by atoms with Crippen LogP contribution in [0.25, 0.3) is 0 Å². The first-order valence-electron chi connectivity index (χ1n) is 11.0. The van der Waals surface area contributed by atoms with Crippen molar-refractivity contribution in [2.75, 3.05) is 5.32 Å². The Kier molecular flexibility index (Phi) is 9.60. The van der Waals surface area contributed by atoms with Gasteiger partial charge in [-0.15, -0.1) is 16.8 Å². The van der Waals surface area contributed by atoms with Gasteiger partial charge in [0.05, 0.1) is 12.0 Å². The van der Waals surface area contributed by atoms with Gasteiger partial charge in [-0.2, -0.15) is 0 Å². The number of carbonyl (C=O) groups is 3. The number of aldehydes is 1. The highest BCUT2D eigenvalue weighted by molar-refractivity contribution is 7.13. The van der Waals surface area contributed by atoms with Gasteiger partial charge in [-0.3, -0.25) is 14.4 Å². The summed E-state index contributed by atoms with van der Waals surface area (Å²) in [7, 11) is 0. The van der Waals surface area contributed by atoms with E-state index in [2.05, 4.69) is 21.1 Å². The summed E-state index contributed by atoms with van der Waals surface area (Å²) < 4.78 is 5.37. The monoisotopic (exact) mass is 478 g/mol. The molecular weight excluding hydrogens is 444 g/mol.